The molecular formula is C11H13F2NO3. The Morgan fingerprint density at radius 3 is 2.41 bits per heavy atom. The highest BCUT2D eigenvalue weighted by atomic mass is 19.1. The van der Waals surface area contributed by atoms with Gasteiger partial charge in [-0.3, -0.25) is 9.63 Å². The molecule has 0 saturated carbocycles. The van der Waals surface area contributed by atoms with Crippen molar-refractivity contribution in [3.05, 3.63) is 35.4 Å². The van der Waals surface area contributed by atoms with E-state index < -0.39 is 23.6 Å². The van der Waals surface area contributed by atoms with Crippen LogP contribution in [0, 0.1) is 11.6 Å². The van der Waals surface area contributed by atoms with Gasteiger partial charge in [0.15, 0.2) is 0 Å². The lowest BCUT2D eigenvalue weighted by Gasteiger charge is -2.16. The smallest absolute Gasteiger partial charge is 0.248 e. The number of aliphatic hydroxyl groups excluding tert-OH is 1. The van der Waals surface area contributed by atoms with Gasteiger partial charge < -0.3 is 5.11 Å². The maximum Gasteiger partial charge on any atom is 0.248 e. The number of hydroxylamine groups is 2. The summed E-state index contributed by atoms with van der Waals surface area (Å²) >= 11 is 0. The highest BCUT2D eigenvalue weighted by Crippen LogP contribution is 2.19. The van der Waals surface area contributed by atoms with Crippen molar-refractivity contribution in [3.63, 3.8) is 0 Å². The largest absolute Gasteiger partial charge is 0.388 e. The summed E-state index contributed by atoms with van der Waals surface area (Å²) in [5.41, 5.74) is 0.0142. The van der Waals surface area contributed by atoms with Gasteiger partial charge in [-0.25, -0.2) is 13.8 Å². The molecule has 0 saturated heterocycles. The van der Waals surface area contributed by atoms with E-state index in [-0.39, 0.29) is 12.0 Å². The molecule has 0 bridgehead atoms. The average molecular weight is 245 g/mol. The molecule has 6 heteroatoms. The van der Waals surface area contributed by atoms with Crippen LogP contribution in [-0.4, -0.2) is 30.2 Å². The summed E-state index contributed by atoms with van der Waals surface area (Å²) in [6, 6.07) is 2.65. The standard InChI is InChI=1S/C11H13F2NO3/c1-14(17-2)11(16)6-10(15)7-3-8(12)5-9(13)4-7/h3-5,10,15H,6H2,1-2H3. The van der Waals surface area contributed by atoms with Gasteiger partial charge in [0.05, 0.1) is 19.6 Å². The molecule has 1 amide bonds. The fourth-order valence-electron chi connectivity index (χ4n) is 1.28. The van der Waals surface area contributed by atoms with Crippen molar-refractivity contribution in [1.82, 2.24) is 5.06 Å². The zero-order valence-electron chi connectivity index (χ0n) is 9.48. The third-order valence-corrected chi connectivity index (χ3v) is 2.26. The van der Waals surface area contributed by atoms with E-state index in [1.807, 2.05) is 0 Å². The zero-order valence-corrected chi connectivity index (χ0v) is 9.48. The number of aliphatic hydroxyl groups is 1. The Balaban J connectivity index is 2.76. The number of rotatable bonds is 4. The fraction of sp³-hybridized carbons (Fsp3) is 0.364. The van der Waals surface area contributed by atoms with Crippen LogP contribution in [0.15, 0.2) is 18.2 Å². The summed E-state index contributed by atoms with van der Waals surface area (Å²) in [5.74, 6) is -2.09. The van der Waals surface area contributed by atoms with Crippen LogP contribution in [0.2, 0.25) is 0 Å². The van der Waals surface area contributed by atoms with E-state index in [0.29, 0.717) is 6.07 Å². The Morgan fingerprint density at radius 2 is 1.94 bits per heavy atom. The van der Waals surface area contributed by atoms with Crippen molar-refractivity contribution < 1.29 is 23.5 Å². The second-order valence-corrected chi connectivity index (χ2v) is 3.50. The van der Waals surface area contributed by atoms with Gasteiger partial charge in [-0.05, 0) is 17.7 Å². The number of amides is 1. The van der Waals surface area contributed by atoms with E-state index in [4.69, 9.17) is 0 Å². The van der Waals surface area contributed by atoms with Gasteiger partial charge in [-0.1, -0.05) is 0 Å². The second-order valence-electron chi connectivity index (χ2n) is 3.50. The Bertz CT molecular complexity index is 391. The minimum absolute atomic E-state index is 0.0142. The normalized spacial score (nSPS) is 12.3. The average Bonchev–Trinajstić information content (AvgIpc) is 2.26. The third kappa shape index (κ3) is 3.76. The van der Waals surface area contributed by atoms with Crippen molar-refractivity contribution in [2.45, 2.75) is 12.5 Å². The van der Waals surface area contributed by atoms with Crippen LogP contribution >= 0.6 is 0 Å². The van der Waals surface area contributed by atoms with Gasteiger partial charge in [0.1, 0.15) is 11.6 Å². The van der Waals surface area contributed by atoms with E-state index in [1.165, 1.54) is 14.2 Å². The molecule has 0 aliphatic heterocycles. The SMILES string of the molecule is CON(C)C(=O)CC(O)c1cc(F)cc(F)c1. The molecule has 0 heterocycles. The molecule has 4 nitrogen and oxygen atoms in total. The quantitative estimate of drug-likeness (QED) is 0.816. The van der Waals surface area contributed by atoms with Crippen molar-refractivity contribution in [2.75, 3.05) is 14.2 Å². The van der Waals surface area contributed by atoms with Gasteiger partial charge >= 0.3 is 0 Å². The number of halogens is 2. The first kappa shape index (κ1) is 13.5. The van der Waals surface area contributed by atoms with Crippen LogP contribution in [0.5, 0.6) is 0 Å². The number of hydrogen-bond donors (Lipinski definition) is 1. The molecule has 1 rings (SSSR count). The lowest BCUT2D eigenvalue weighted by Crippen LogP contribution is -2.26. The second kappa shape index (κ2) is 5.70. The maximum atomic E-state index is 12.9. The van der Waals surface area contributed by atoms with Crippen LogP contribution in [0.1, 0.15) is 18.1 Å². The van der Waals surface area contributed by atoms with E-state index in [2.05, 4.69) is 4.84 Å². The Morgan fingerprint density at radius 1 is 1.41 bits per heavy atom. The Hall–Kier alpha value is -1.53. The Kier molecular flexibility index (Phi) is 4.53. The molecule has 1 aromatic carbocycles. The van der Waals surface area contributed by atoms with Crippen LogP contribution in [0.4, 0.5) is 8.78 Å². The summed E-state index contributed by atoms with van der Waals surface area (Å²) < 4.78 is 25.8. The van der Waals surface area contributed by atoms with Gasteiger partial charge in [0.2, 0.25) is 5.91 Å². The first-order valence-corrected chi connectivity index (χ1v) is 4.88. The first-order chi connectivity index (χ1) is 7.93. The minimum Gasteiger partial charge on any atom is -0.388 e. The zero-order chi connectivity index (χ0) is 13.0. The summed E-state index contributed by atoms with van der Waals surface area (Å²) in [6.07, 6.45) is -1.59. The van der Waals surface area contributed by atoms with Gasteiger partial charge in [-0.15, -0.1) is 0 Å². The van der Waals surface area contributed by atoms with Crippen molar-refractivity contribution in [3.8, 4) is 0 Å². The van der Waals surface area contributed by atoms with E-state index in [9.17, 15) is 18.7 Å². The van der Waals surface area contributed by atoms with Gasteiger partial charge in [0, 0.05) is 13.1 Å². The van der Waals surface area contributed by atoms with Gasteiger partial charge in [0.25, 0.3) is 0 Å². The first-order valence-electron chi connectivity index (χ1n) is 4.88. The van der Waals surface area contributed by atoms with Crippen molar-refractivity contribution in [2.24, 2.45) is 0 Å². The number of carbonyl (C=O) groups excluding carboxylic acids is 1. The number of nitrogens with zero attached hydrogens (tertiary/aromatic N) is 1. The molecule has 0 spiro atoms. The van der Waals surface area contributed by atoms with Crippen LogP contribution in [-0.2, 0) is 9.63 Å². The van der Waals surface area contributed by atoms with Crippen molar-refractivity contribution >= 4 is 5.91 Å². The summed E-state index contributed by atoms with van der Waals surface area (Å²) in [4.78, 5) is 16.0. The molecule has 1 aromatic rings. The van der Waals surface area contributed by atoms with Crippen molar-refractivity contribution in [1.29, 1.82) is 0 Å². The Labute approximate surface area is 97.4 Å². The number of benzene rings is 1. The molecule has 0 aliphatic rings. The third-order valence-electron chi connectivity index (χ3n) is 2.26. The van der Waals surface area contributed by atoms with Gasteiger partial charge in [-0.2, -0.15) is 0 Å². The molecule has 0 aromatic heterocycles. The van der Waals surface area contributed by atoms with E-state index in [1.54, 1.807) is 0 Å². The molecule has 0 radical (unpaired) electrons. The molecule has 94 valence electrons. The van der Waals surface area contributed by atoms with Crippen LogP contribution in [0.3, 0.4) is 0 Å². The predicted molar refractivity (Wildman–Crippen MR) is 55.7 cm³/mol. The number of hydrogen-bond acceptors (Lipinski definition) is 3. The molecular weight excluding hydrogens is 232 g/mol. The van der Waals surface area contributed by atoms with E-state index >= 15 is 0 Å². The highest BCUT2D eigenvalue weighted by Gasteiger charge is 2.17. The van der Waals surface area contributed by atoms with Crippen LogP contribution < -0.4 is 0 Å². The van der Waals surface area contributed by atoms with E-state index in [0.717, 1.165) is 17.2 Å². The lowest BCUT2D eigenvalue weighted by molar-refractivity contribution is -0.170. The molecule has 0 aliphatic carbocycles. The topological polar surface area (TPSA) is 49.8 Å². The number of carbonyl (C=O) groups is 1. The molecule has 1 atom stereocenters. The van der Waals surface area contributed by atoms with Crippen LogP contribution in [0.25, 0.3) is 0 Å². The lowest BCUT2D eigenvalue weighted by atomic mass is 10.1. The minimum atomic E-state index is -1.27. The molecule has 1 unspecified atom stereocenters. The predicted octanol–water partition coefficient (Wildman–Crippen LogP) is 1.41. The molecule has 0 fully saturated rings. The maximum absolute atomic E-state index is 12.9. The summed E-state index contributed by atoms with van der Waals surface area (Å²) in [7, 11) is 2.67. The molecule has 17 heavy (non-hydrogen) atoms. The summed E-state index contributed by atoms with van der Waals surface area (Å²) in [6.45, 7) is 0. The monoisotopic (exact) mass is 245 g/mol. The molecule has 1 N–H and O–H groups in total. The highest BCUT2D eigenvalue weighted by molar-refractivity contribution is 5.75. The summed E-state index contributed by atoms with van der Waals surface area (Å²) in [5, 5.41) is 10.6. The fourth-order valence-corrected chi connectivity index (χ4v) is 1.28.